The van der Waals surface area contributed by atoms with Crippen LogP contribution in [0.5, 0.6) is 11.5 Å². The number of amides is 2. The number of piperazine rings is 1. The molecule has 0 bridgehead atoms. The number of carbonyl (C=O) groups is 2. The molecule has 0 spiro atoms. The quantitative estimate of drug-likeness (QED) is 0.529. The van der Waals surface area contributed by atoms with E-state index in [9.17, 15) is 9.59 Å². The Morgan fingerprint density at radius 2 is 1.69 bits per heavy atom. The number of hydrogen-bond donors (Lipinski definition) is 0. The zero-order valence-corrected chi connectivity index (χ0v) is 21.7. The first kappa shape index (κ1) is 24.7. The van der Waals surface area contributed by atoms with Gasteiger partial charge in [-0.3, -0.25) is 9.59 Å². The highest BCUT2D eigenvalue weighted by atomic mass is 16.5. The van der Waals surface area contributed by atoms with Crippen molar-refractivity contribution in [1.29, 1.82) is 0 Å². The Morgan fingerprint density at radius 1 is 0.917 bits per heavy atom. The molecule has 2 aromatic rings. The Morgan fingerprint density at radius 3 is 2.44 bits per heavy atom. The van der Waals surface area contributed by atoms with Crippen molar-refractivity contribution in [2.75, 3.05) is 13.7 Å². The summed E-state index contributed by atoms with van der Waals surface area (Å²) in [6.07, 6.45) is 8.26. The van der Waals surface area contributed by atoms with E-state index < -0.39 is 6.04 Å². The summed E-state index contributed by atoms with van der Waals surface area (Å²) >= 11 is 0. The Bertz CT molecular complexity index is 1110. The van der Waals surface area contributed by atoms with Crippen LogP contribution in [0.2, 0.25) is 0 Å². The average molecular weight is 491 g/mol. The molecule has 3 aliphatic rings. The summed E-state index contributed by atoms with van der Waals surface area (Å²) < 4.78 is 11.6. The molecule has 0 radical (unpaired) electrons. The summed E-state index contributed by atoms with van der Waals surface area (Å²) in [7, 11) is 1.61. The zero-order chi connectivity index (χ0) is 25.2. The van der Waals surface area contributed by atoms with Crippen molar-refractivity contribution >= 4 is 11.8 Å². The molecule has 6 heteroatoms. The number of ether oxygens (including phenoxy) is 2. The summed E-state index contributed by atoms with van der Waals surface area (Å²) in [5.41, 5.74) is 3.23. The normalized spacial score (nSPS) is 23.1. The van der Waals surface area contributed by atoms with Gasteiger partial charge in [0.15, 0.2) is 11.5 Å². The van der Waals surface area contributed by atoms with E-state index in [0.29, 0.717) is 11.5 Å². The Kier molecular flexibility index (Phi) is 7.22. The fourth-order valence-corrected chi connectivity index (χ4v) is 6.31. The van der Waals surface area contributed by atoms with Gasteiger partial charge in [-0.25, -0.2) is 0 Å². The molecule has 2 aliphatic carbocycles. The third-order valence-electron chi connectivity index (χ3n) is 7.94. The summed E-state index contributed by atoms with van der Waals surface area (Å²) in [6.45, 7) is 4.12. The third kappa shape index (κ3) is 4.70. The predicted molar refractivity (Wildman–Crippen MR) is 139 cm³/mol. The highest BCUT2D eigenvalue weighted by Gasteiger charge is 2.46. The molecular weight excluding hydrogens is 452 g/mol. The number of benzene rings is 2. The van der Waals surface area contributed by atoms with Gasteiger partial charge in [0.05, 0.1) is 19.3 Å². The zero-order valence-electron chi connectivity index (χ0n) is 21.7. The lowest BCUT2D eigenvalue weighted by Gasteiger charge is -2.48. The van der Waals surface area contributed by atoms with Crippen molar-refractivity contribution in [2.24, 2.45) is 0 Å². The number of rotatable bonds is 6. The molecule has 2 aromatic carbocycles. The molecule has 0 unspecified atom stereocenters. The summed E-state index contributed by atoms with van der Waals surface area (Å²) in [5, 5.41) is 0. The van der Waals surface area contributed by atoms with E-state index >= 15 is 0 Å². The van der Waals surface area contributed by atoms with Gasteiger partial charge in [0, 0.05) is 6.04 Å². The first-order valence-corrected chi connectivity index (χ1v) is 13.5. The standard InChI is InChI=1S/C30H38N2O4/c1-20(2)36-26-17-16-22(18-27(26)35-3)29-30(34)31(23-12-5-4-6-13-23)19-28(33)32(29)25-15-9-11-21-10-7-8-14-24(21)25/h7-8,10,14,16-18,20,23,25,29H,4-6,9,11-13,15,19H2,1-3H3/t25-,29+/m0/s1. The Balaban J connectivity index is 1.57. The van der Waals surface area contributed by atoms with Gasteiger partial charge in [-0.05, 0) is 74.8 Å². The van der Waals surface area contributed by atoms with Crippen molar-refractivity contribution in [3.05, 3.63) is 59.2 Å². The molecule has 6 nitrogen and oxygen atoms in total. The maximum absolute atomic E-state index is 14.3. The molecule has 5 rings (SSSR count). The maximum atomic E-state index is 14.3. The van der Waals surface area contributed by atoms with Crippen LogP contribution in [0.15, 0.2) is 42.5 Å². The van der Waals surface area contributed by atoms with Crippen molar-refractivity contribution in [1.82, 2.24) is 9.80 Å². The minimum Gasteiger partial charge on any atom is -0.493 e. The Labute approximate surface area is 214 Å². The SMILES string of the molecule is COc1cc([C@@H]2C(=O)N(C3CCCCC3)CC(=O)N2[C@H]2CCCc3ccccc32)ccc1OC(C)C. The molecule has 2 atom stereocenters. The fraction of sp³-hybridized carbons (Fsp3) is 0.533. The number of carbonyl (C=O) groups excluding carboxylic acids is 2. The highest BCUT2D eigenvalue weighted by Crippen LogP contribution is 2.44. The number of methoxy groups -OCH3 is 1. The van der Waals surface area contributed by atoms with Gasteiger partial charge in [-0.15, -0.1) is 0 Å². The molecule has 2 amide bonds. The van der Waals surface area contributed by atoms with Crippen LogP contribution in [0.1, 0.15) is 87.6 Å². The second-order valence-corrected chi connectivity index (χ2v) is 10.6. The second-order valence-electron chi connectivity index (χ2n) is 10.6. The van der Waals surface area contributed by atoms with Gasteiger partial charge < -0.3 is 19.3 Å². The van der Waals surface area contributed by atoms with E-state index in [0.717, 1.165) is 50.5 Å². The average Bonchev–Trinajstić information content (AvgIpc) is 2.90. The minimum atomic E-state index is -0.675. The van der Waals surface area contributed by atoms with Crippen molar-refractivity contribution in [3.8, 4) is 11.5 Å². The summed E-state index contributed by atoms with van der Waals surface area (Å²) in [4.78, 5) is 32.0. The van der Waals surface area contributed by atoms with Gasteiger partial charge in [0.25, 0.3) is 5.91 Å². The van der Waals surface area contributed by atoms with Crippen molar-refractivity contribution in [2.45, 2.75) is 89.4 Å². The maximum Gasteiger partial charge on any atom is 0.250 e. The van der Waals surface area contributed by atoms with Crippen molar-refractivity contribution in [3.63, 3.8) is 0 Å². The van der Waals surface area contributed by atoms with Crippen LogP contribution in [-0.2, 0) is 16.0 Å². The number of nitrogens with zero attached hydrogens (tertiary/aromatic N) is 2. The van der Waals surface area contributed by atoms with Gasteiger partial charge in [0.2, 0.25) is 5.91 Å². The van der Waals surface area contributed by atoms with E-state index in [1.54, 1.807) is 7.11 Å². The lowest BCUT2D eigenvalue weighted by Crippen LogP contribution is -2.59. The lowest BCUT2D eigenvalue weighted by molar-refractivity contribution is -0.162. The molecule has 2 fully saturated rings. The van der Waals surface area contributed by atoms with Gasteiger partial charge >= 0.3 is 0 Å². The van der Waals surface area contributed by atoms with E-state index in [-0.39, 0.29) is 36.5 Å². The van der Waals surface area contributed by atoms with Crippen LogP contribution in [0.4, 0.5) is 0 Å². The molecule has 1 heterocycles. The predicted octanol–water partition coefficient (Wildman–Crippen LogP) is 5.60. The minimum absolute atomic E-state index is 0.000303. The molecule has 36 heavy (non-hydrogen) atoms. The molecule has 1 saturated heterocycles. The third-order valence-corrected chi connectivity index (χ3v) is 7.94. The van der Waals surface area contributed by atoms with Crippen LogP contribution < -0.4 is 9.47 Å². The monoisotopic (exact) mass is 490 g/mol. The second kappa shape index (κ2) is 10.5. The van der Waals surface area contributed by atoms with Crippen LogP contribution in [-0.4, -0.2) is 47.4 Å². The number of aryl methyl sites for hydroxylation is 1. The van der Waals surface area contributed by atoms with E-state index in [4.69, 9.17) is 9.47 Å². The number of hydrogen-bond acceptors (Lipinski definition) is 4. The van der Waals surface area contributed by atoms with Crippen LogP contribution >= 0.6 is 0 Å². The lowest BCUT2D eigenvalue weighted by atomic mass is 9.84. The molecule has 192 valence electrons. The van der Waals surface area contributed by atoms with Crippen LogP contribution in [0.25, 0.3) is 0 Å². The first-order valence-electron chi connectivity index (χ1n) is 13.5. The molecular formula is C30H38N2O4. The Hall–Kier alpha value is -3.02. The van der Waals surface area contributed by atoms with Gasteiger partial charge in [-0.1, -0.05) is 49.6 Å². The number of fused-ring (bicyclic) bond motifs is 1. The summed E-state index contributed by atoms with van der Waals surface area (Å²) in [5.74, 6) is 1.29. The van der Waals surface area contributed by atoms with E-state index in [1.165, 1.54) is 17.5 Å². The van der Waals surface area contributed by atoms with Crippen LogP contribution in [0, 0.1) is 0 Å². The molecule has 0 N–H and O–H groups in total. The fourth-order valence-electron chi connectivity index (χ4n) is 6.31. The van der Waals surface area contributed by atoms with Crippen LogP contribution in [0.3, 0.4) is 0 Å². The smallest absolute Gasteiger partial charge is 0.250 e. The van der Waals surface area contributed by atoms with Gasteiger partial charge in [0.1, 0.15) is 12.6 Å². The largest absolute Gasteiger partial charge is 0.493 e. The van der Waals surface area contributed by atoms with Gasteiger partial charge in [-0.2, -0.15) is 0 Å². The molecule has 0 aromatic heterocycles. The summed E-state index contributed by atoms with van der Waals surface area (Å²) in [6, 6.07) is 13.4. The first-order chi connectivity index (χ1) is 17.5. The van der Waals surface area contributed by atoms with E-state index in [2.05, 4.69) is 18.2 Å². The molecule has 1 saturated carbocycles. The topological polar surface area (TPSA) is 59.1 Å². The van der Waals surface area contributed by atoms with Crippen molar-refractivity contribution < 1.29 is 19.1 Å². The molecule has 1 aliphatic heterocycles. The van der Waals surface area contributed by atoms with E-state index in [1.807, 2.05) is 47.9 Å². The highest BCUT2D eigenvalue weighted by molar-refractivity contribution is 5.96.